The molecule has 0 atom stereocenters. The van der Waals surface area contributed by atoms with Gasteiger partial charge < -0.3 is 10.3 Å². The third-order valence-corrected chi connectivity index (χ3v) is 3.40. The second-order valence-corrected chi connectivity index (χ2v) is 4.76. The van der Waals surface area contributed by atoms with Gasteiger partial charge >= 0.3 is 0 Å². The molecular formula is C15H18N4. The molecule has 0 spiro atoms. The lowest BCUT2D eigenvalue weighted by atomic mass is 10.0. The van der Waals surface area contributed by atoms with Gasteiger partial charge in [0.1, 0.15) is 0 Å². The lowest BCUT2D eigenvalue weighted by Crippen LogP contribution is -2.11. The van der Waals surface area contributed by atoms with Crippen molar-refractivity contribution >= 4 is 10.9 Å². The molecular weight excluding hydrogens is 236 g/mol. The maximum Gasteiger partial charge on any atom is 0.0716 e. The average molecular weight is 254 g/mol. The van der Waals surface area contributed by atoms with Crippen LogP contribution in [0, 0.1) is 0 Å². The SMILES string of the molecule is CNCCc1nn(C)cc1-c1c[nH]c2ccccc12. The predicted octanol–water partition coefficient (Wildman–Crippen LogP) is 2.33. The van der Waals surface area contributed by atoms with Crippen LogP contribution in [-0.4, -0.2) is 28.4 Å². The smallest absolute Gasteiger partial charge is 0.0716 e. The van der Waals surface area contributed by atoms with Crippen LogP contribution >= 0.6 is 0 Å². The Morgan fingerprint density at radius 2 is 2.11 bits per heavy atom. The van der Waals surface area contributed by atoms with Crippen molar-refractivity contribution < 1.29 is 0 Å². The molecule has 4 nitrogen and oxygen atoms in total. The number of nitrogens with one attached hydrogen (secondary N) is 2. The topological polar surface area (TPSA) is 45.6 Å². The monoisotopic (exact) mass is 254 g/mol. The molecule has 3 rings (SSSR count). The number of hydrogen-bond acceptors (Lipinski definition) is 2. The summed E-state index contributed by atoms with van der Waals surface area (Å²) in [5.41, 5.74) is 4.76. The minimum absolute atomic E-state index is 0.937. The number of aromatic nitrogens is 3. The summed E-state index contributed by atoms with van der Waals surface area (Å²) in [5.74, 6) is 0. The Balaban J connectivity index is 2.10. The molecule has 0 bridgehead atoms. The van der Waals surface area contributed by atoms with E-state index < -0.39 is 0 Å². The van der Waals surface area contributed by atoms with Gasteiger partial charge in [0.15, 0.2) is 0 Å². The maximum absolute atomic E-state index is 4.57. The molecule has 4 heteroatoms. The number of H-pyrrole nitrogens is 1. The molecule has 0 radical (unpaired) electrons. The number of aromatic amines is 1. The number of hydrogen-bond donors (Lipinski definition) is 2. The molecule has 0 saturated heterocycles. The van der Waals surface area contributed by atoms with Crippen LogP contribution in [0.15, 0.2) is 36.7 Å². The van der Waals surface area contributed by atoms with Gasteiger partial charge in [0.05, 0.1) is 5.69 Å². The van der Waals surface area contributed by atoms with E-state index in [1.54, 1.807) is 0 Å². The van der Waals surface area contributed by atoms with Crippen molar-refractivity contribution in [2.24, 2.45) is 7.05 Å². The van der Waals surface area contributed by atoms with Crippen LogP contribution in [0.1, 0.15) is 5.69 Å². The number of rotatable bonds is 4. The second-order valence-electron chi connectivity index (χ2n) is 4.76. The van der Waals surface area contributed by atoms with Gasteiger partial charge in [-0.3, -0.25) is 4.68 Å². The Morgan fingerprint density at radius 1 is 1.26 bits per heavy atom. The van der Waals surface area contributed by atoms with Gasteiger partial charge in [-0.1, -0.05) is 18.2 Å². The number of nitrogens with zero attached hydrogens (tertiary/aromatic N) is 2. The highest BCUT2D eigenvalue weighted by Gasteiger charge is 2.13. The lowest BCUT2D eigenvalue weighted by Gasteiger charge is -2.01. The van der Waals surface area contributed by atoms with Crippen molar-refractivity contribution in [2.75, 3.05) is 13.6 Å². The fraction of sp³-hybridized carbons (Fsp3) is 0.267. The van der Waals surface area contributed by atoms with Crippen LogP contribution in [0.3, 0.4) is 0 Å². The van der Waals surface area contributed by atoms with E-state index in [1.165, 1.54) is 22.0 Å². The van der Waals surface area contributed by atoms with E-state index in [0.29, 0.717) is 0 Å². The second kappa shape index (κ2) is 4.90. The first-order valence-corrected chi connectivity index (χ1v) is 6.53. The first-order valence-electron chi connectivity index (χ1n) is 6.53. The highest BCUT2D eigenvalue weighted by Crippen LogP contribution is 2.30. The molecule has 98 valence electrons. The van der Waals surface area contributed by atoms with E-state index in [0.717, 1.165) is 18.7 Å². The zero-order valence-electron chi connectivity index (χ0n) is 11.3. The quantitative estimate of drug-likeness (QED) is 0.750. The average Bonchev–Trinajstić information content (AvgIpc) is 2.99. The lowest BCUT2D eigenvalue weighted by molar-refractivity contribution is 0.717. The Bertz CT molecular complexity index is 693. The largest absolute Gasteiger partial charge is 0.361 e. The van der Waals surface area contributed by atoms with Crippen molar-refractivity contribution in [1.29, 1.82) is 0 Å². The molecule has 3 aromatic rings. The Morgan fingerprint density at radius 3 is 2.95 bits per heavy atom. The summed E-state index contributed by atoms with van der Waals surface area (Å²) in [6.07, 6.45) is 5.11. The molecule has 2 N–H and O–H groups in total. The van der Waals surface area contributed by atoms with Crippen LogP contribution in [0.5, 0.6) is 0 Å². The van der Waals surface area contributed by atoms with E-state index in [2.05, 4.69) is 46.0 Å². The van der Waals surface area contributed by atoms with Crippen molar-refractivity contribution in [1.82, 2.24) is 20.1 Å². The highest BCUT2D eigenvalue weighted by molar-refractivity contribution is 5.95. The van der Waals surface area contributed by atoms with Gasteiger partial charge in [-0.25, -0.2) is 0 Å². The summed E-state index contributed by atoms with van der Waals surface area (Å²) >= 11 is 0. The van der Waals surface area contributed by atoms with E-state index in [-0.39, 0.29) is 0 Å². The van der Waals surface area contributed by atoms with Gasteiger partial charge in [-0.2, -0.15) is 5.10 Å². The number of benzene rings is 1. The zero-order valence-corrected chi connectivity index (χ0v) is 11.3. The van der Waals surface area contributed by atoms with Crippen molar-refractivity contribution in [3.8, 4) is 11.1 Å². The summed E-state index contributed by atoms with van der Waals surface area (Å²) < 4.78 is 1.89. The molecule has 0 aliphatic rings. The summed E-state index contributed by atoms with van der Waals surface area (Å²) in [7, 11) is 3.94. The molecule has 0 aliphatic heterocycles. The number of para-hydroxylation sites is 1. The van der Waals surface area contributed by atoms with E-state index >= 15 is 0 Å². The van der Waals surface area contributed by atoms with Crippen LogP contribution in [0.2, 0.25) is 0 Å². The third-order valence-electron chi connectivity index (χ3n) is 3.40. The summed E-state index contributed by atoms with van der Waals surface area (Å²) in [6, 6.07) is 8.37. The molecule has 2 heterocycles. The third kappa shape index (κ3) is 2.15. The first kappa shape index (κ1) is 12.0. The van der Waals surface area contributed by atoms with Gasteiger partial charge in [-0.05, 0) is 13.1 Å². The molecule has 0 saturated carbocycles. The maximum atomic E-state index is 4.57. The molecule has 0 unspecified atom stereocenters. The summed E-state index contributed by atoms with van der Waals surface area (Å²) in [4.78, 5) is 3.33. The zero-order chi connectivity index (χ0) is 13.2. The standard InChI is InChI=1S/C15H18N4/c1-16-8-7-15-13(10-19(2)18-15)12-9-17-14-6-4-3-5-11(12)14/h3-6,9-10,16-17H,7-8H2,1-2H3. The predicted molar refractivity (Wildman–Crippen MR) is 78.1 cm³/mol. The summed E-state index contributed by atoms with van der Waals surface area (Å²) in [6.45, 7) is 0.937. The first-order chi connectivity index (χ1) is 9.29. The molecule has 0 amide bonds. The Labute approximate surface area is 112 Å². The highest BCUT2D eigenvalue weighted by atomic mass is 15.3. The normalized spacial score (nSPS) is 11.3. The number of aryl methyl sites for hydroxylation is 1. The molecule has 1 aromatic carbocycles. The van der Waals surface area contributed by atoms with Crippen LogP contribution < -0.4 is 5.32 Å². The minimum Gasteiger partial charge on any atom is -0.361 e. The van der Waals surface area contributed by atoms with Crippen molar-refractivity contribution in [3.05, 3.63) is 42.4 Å². The van der Waals surface area contributed by atoms with Gasteiger partial charge in [0.2, 0.25) is 0 Å². The van der Waals surface area contributed by atoms with Gasteiger partial charge in [0, 0.05) is 54.4 Å². The Kier molecular flexibility index (Phi) is 3.09. The molecule has 0 aliphatic carbocycles. The summed E-state index contributed by atoms with van der Waals surface area (Å²) in [5, 5.41) is 9.00. The van der Waals surface area contributed by atoms with Crippen molar-refractivity contribution in [2.45, 2.75) is 6.42 Å². The van der Waals surface area contributed by atoms with Gasteiger partial charge in [0.25, 0.3) is 0 Å². The van der Waals surface area contributed by atoms with E-state index in [9.17, 15) is 0 Å². The fourth-order valence-corrected chi connectivity index (χ4v) is 2.48. The molecule has 2 aromatic heterocycles. The minimum atomic E-state index is 0.937. The fourth-order valence-electron chi connectivity index (χ4n) is 2.48. The number of fused-ring (bicyclic) bond motifs is 1. The van der Waals surface area contributed by atoms with Crippen LogP contribution in [-0.2, 0) is 13.5 Å². The van der Waals surface area contributed by atoms with Crippen molar-refractivity contribution in [3.63, 3.8) is 0 Å². The number of likely N-dealkylation sites (N-methyl/N-ethyl adjacent to an activating group) is 1. The molecule has 19 heavy (non-hydrogen) atoms. The van der Waals surface area contributed by atoms with Crippen LogP contribution in [0.25, 0.3) is 22.0 Å². The van der Waals surface area contributed by atoms with Gasteiger partial charge in [-0.15, -0.1) is 0 Å². The Hall–Kier alpha value is -2.07. The van der Waals surface area contributed by atoms with E-state index in [1.807, 2.05) is 24.8 Å². The van der Waals surface area contributed by atoms with Crippen LogP contribution in [0.4, 0.5) is 0 Å². The molecule has 0 fully saturated rings. The van der Waals surface area contributed by atoms with E-state index in [4.69, 9.17) is 0 Å².